The van der Waals surface area contributed by atoms with Gasteiger partial charge in [-0.05, 0) is 56.7 Å². The van der Waals surface area contributed by atoms with Gasteiger partial charge in [0, 0.05) is 24.1 Å². The zero-order valence-electron chi connectivity index (χ0n) is 15.6. The summed E-state index contributed by atoms with van der Waals surface area (Å²) >= 11 is 0. The molecule has 3 aliphatic rings. The van der Waals surface area contributed by atoms with Crippen molar-refractivity contribution in [2.75, 3.05) is 18.4 Å². The van der Waals surface area contributed by atoms with E-state index in [0.29, 0.717) is 42.6 Å². The fourth-order valence-electron chi connectivity index (χ4n) is 5.15. The predicted molar refractivity (Wildman–Crippen MR) is 98.5 cm³/mol. The van der Waals surface area contributed by atoms with E-state index < -0.39 is 23.4 Å². The summed E-state index contributed by atoms with van der Waals surface area (Å²) in [5, 5.41) is 11.6. The molecule has 150 valence electrons. The lowest BCUT2D eigenvalue weighted by Gasteiger charge is -2.31. The zero-order valence-corrected chi connectivity index (χ0v) is 15.6. The Morgan fingerprint density at radius 2 is 1.79 bits per heavy atom. The van der Waals surface area contributed by atoms with Gasteiger partial charge in [-0.3, -0.25) is 0 Å². The number of hydrogen-bond donors (Lipinski definition) is 2. The standard InChI is InChI=1S/C20H24F3N5/c21-15-7-6-13(16(22)17(15)23)14-3-1-2-8-28-19(14)26-20(27-28)25-18-11-4-5-12(18)10-24-9-11/h6-7,11-12,14,18,24H,1-5,8-10H2,(H,25,27)/t11-,12?,14?,18?/m0/s1. The smallest absolute Gasteiger partial charge is 0.242 e. The van der Waals surface area contributed by atoms with Crippen molar-refractivity contribution >= 4 is 5.95 Å². The summed E-state index contributed by atoms with van der Waals surface area (Å²) in [4.78, 5) is 4.69. The molecule has 1 aliphatic carbocycles. The van der Waals surface area contributed by atoms with Crippen LogP contribution >= 0.6 is 0 Å². The minimum Gasteiger partial charge on any atom is -0.350 e. The summed E-state index contributed by atoms with van der Waals surface area (Å²) in [6, 6.07) is 2.68. The predicted octanol–water partition coefficient (Wildman–Crippen LogP) is 3.42. The first kappa shape index (κ1) is 18.0. The van der Waals surface area contributed by atoms with Crippen LogP contribution in [0.1, 0.15) is 49.4 Å². The molecule has 8 heteroatoms. The number of piperidine rings is 1. The van der Waals surface area contributed by atoms with Gasteiger partial charge in [-0.2, -0.15) is 4.98 Å². The van der Waals surface area contributed by atoms with Gasteiger partial charge >= 0.3 is 0 Å². The highest BCUT2D eigenvalue weighted by Gasteiger charge is 2.39. The third kappa shape index (κ3) is 2.98. The van der Waals surface area contributed by atoms with Crippen LogP contribution in [0.25, 0.3) is 0 Å². The minimum absolute atomic E-state index is 0.155. The van der Waals surface area contributed by atoms with Crippen LogP contribution in [0.5, 0.6) is 0 Å². The average molecular weight is 391 g/mol. The Kier molecular flexibility index (Phi) is 4.53. The Labute approximate surface area is 161 Å². The molecule has 4 atom stereocenters. The third-order valence-electron chi connectivity index (χ3n) is 6.60. The van der Waals surface area contributed by atoms with Gasteiger partial charge < -0.3 is 10.6 Å². The Morgan fingerprint density at radius 3 is 2.57 bits per heavy atom. The van der Waals surface area contributed by atoms with Crippen LogP contribution in [0.15, 0.2) is 12.1 Å². The van der Waals surface area contributed by atoms with Crippen molar-refractivity contribution in [3.63, 3.8) is 0 Å². The van der Waals surface area contributed by atoms with E-state index in [2.05, 4.69) is 15.7 Å². The molecule has 28 heavy (non-hydrogen) atoms. The van der Waals surface area contributed by atoms with Crippen molar-refractivity contribution in [3.05, 3.63) is 41.0 Å². The highest BCUT2D eigenvalue weighted by Crippen LogP contribution is 2.37. The van der Waals surface area contributed by atoms with Gasteiger partial charge in [0.1, 0.15) is 5.82 Å². The molecule has 1 saturated carbocycles. The summed E-state index contributed by atoms with van der Waals surface area (Å²) in [6.45, 7) is 2.71. The number of fused-ring (bicyclic) bond motifs is 3. The number of nitrogens with zero attached hydrogens (tertiary/aromatic N) is 3. The van der Waals surface area contributed by atoms with E-state index in [1.807, 2.05) is 4.68 Å². The highest BCUT2D eigenvalue weighted by molar-refractivity contribution is 5.34. The second-order valence-corrected chi connectivity index (χ2v) is 8.26. The van der Waals surface area contributed by atoms with Gasteiger partial charge in [-0.1, -0.05) is 12.5 Å². The fourth-order valence-corrected chi connectivity index (χ4v) is 5.15. The lowest BCUT2D eigenvalue weighted by atomic mass is 9.93. The monoisotopic (exact) mass is 391 g/mol. The van der Waals surface area contributed by atoms with Crippen LogP contribution in [-0.2, 0) is 6.54 Å². The quantitative estimate of drug-likeness (QED) is 0.788. The van der Waals surface area contributed by atoms with Gasteiger partial charge in [0.25, 0.3) is 0 Å². The number of aromatic nitrogens is 3. The molecule has 2 fully saturated rings. The van der Waals surface area contributed by atoms with Gasteiger partial charge in [-0.15, -0.1) is 5.10 Å². The molecule has 1 aromatic carbocycles. The Bertz CT molecular complexity index is 867. The molecular formula is C20H24F3N5. The van der Waals surface area contributed by atoms with Crippen LogP contribution in [0.2, 0.25) is 0 Å². The number of rotatable bonds is 3. The molecule has 0 amide bonds. The molecule has 2 bridgehead atoms. The minimum atomic E-state index is -1.42. The van der Waals surface area contributed by atoms with Crippen molar-refractivity contribution in [1.82, 2.24) is 20.1 Å². The lowest BCUT2D eigenvalue weighted by molar-refractivity contribution is 0.341. The van der Waals surface area contributed by atoms with Crippen molar-refractivity contribution in [3.8, 4) is 0 Å². The largest absolute Gasteiger partial charge is 0.350 e. The number of aryl methyl sites for hydroxylation is 1. The number of anilines is 1. The van der Waals surface area contributed by atoms with Crippen LogP contribution in [-0.4, -0.2) is 33.9 Å². The average Bonchev–Trinajstić information content (AvgIpc) is 3.08. The van der Waals surface area contributed by atoms with E-state index in [-0.39, 0.29) is 5.56 Å². The summed E-state index contributed by atoms with van der Waals surface area (Å²) in [7, 11) is 0. The molecule has 1 saturated heterocycles. The summed E-state index contributed by atoms with van der Waals surface area (Å²) in [5.74, 6) is -1.79. The number of hydrogen-bond acceptors (Lipinski definition) is 4. The lowest BCUT2D eigenvalue weighted by Crippen LogP contribution is -2.45. The van der Waals surface area contributed by atoms with Crippen LogP contribution in [0.3, 0.4) is 0 Å². The maximum atomic E-state index is 14.5. The molecule has 2 N–H and O–H groups in total. The van der Waals surface area contributed by atoms with Gasteiger partial charge in [-0.25, -0.2) is 17.9 Å². The third-order valence-corrected chi connectivity index (χ3v) is 6.60. The normalized spacial score (nSPS) is 29.4. The molecule has 5 nitrogen and oxygen atoms in total. The maximum absolute atomic E-state index is 14.5. The highest BCUT2D eigenvalue weighted by atomic mass is 19.2. The molecule has 3 heterocycles. The van der Waals surface area contributed by atoms with E-state index in [9.17, 15) is 13.2 Å². The van der Waals surface area contributed by atoms with E-state index in [4.69, 9.17) is 4.98 Å². The molecule has 5 rings (SSSR count). The summed E-state index contributed by atoms with van der Waals surface area (Å²) in [6.07, 6.45) is 4.79. The van der Waals surface area contributed by atoms with Crippen LogP contribution in [0, 0.1) is 29.3 Å². The first-order valence-electron chi connectivity index (χ1n) is 10.2. The van der Waals surface area contributed by atoms with E-state index >= 15 is 0 Å². The first-order chi connectivity index (χ1) is 13.6. The number of halogens is 3. The van der Waals surface area contributed by atoms with Crippen molar-refractivity contribution in [1.29, 1.82) is 0 Å². The SMILES string of the molecule is Fc1ccc(C2CCCCn3nc(NC4C5CC[C@H]4CNC5)nc32)c(F)c1F. The topological polar surface area (TPSA) is 54.8 Å². The summed E-state index contributed by atoms with van der Waals surface area (Å²) < 4.78 is 43.5. The molecule has 1 aromatic heterocycles. The molecule has 2 aromatic rings. The zero-order chi connectivity index (χ0) is 19.3. The summed E-state index contributed by atoms with van der Waals surface area (Å²) in [5.41, 5.74) is 0.155. The van der Waals surface area contributed by atoms with Gasteiger partial charge in [0.15, 0.2) is 17.5 Å². The van der Waals surface area contributed by atoms with E-state index in [1.54, 1.807) is 0 Å². The Balaban J connectivity index is 1.46. The van der Waals surface area contributed by atoms with E-state index in [0.717, 1.165) is 32.0 Å². The molecule has 0 spiro atoms. The molecule has 0 radical (unpaired) electrons. The fraction of sp³-hybridized carbons (Fsp3) is 0.600. The van der Waals surface area contributed by atoms with E-state index in [1.165, 1.54) is 18.9 Å². The molecular weight excluding hydrogens is 367 g/mol. The second-order valence-electron chi connectivity index (χ2n) is 8.26. The number of nitrogens with one attached hydrogen (secondary N) is 2. The molecule has 2 aliphatic heterocycles. The Morgan fingerprint density at radius 1 is 1.00 bits per heavy atom. The Hall–Kier alpha value is -2.09. The van der Waals surface area contributed by atoms with Crippen molar-refractivity contribution in [2.24, 2.45) is 11.8 Å². The second kappa shape index (κ2) is 7.06. The molecule has 3 unspecified atom stereocenters. The van der Waals surface area contributed by atoms with Crippen LogP contribution < -0.4 is 10.6 Å². The van der Waals surface area contributed by atoms with Crippen molar-refractivity contribution in [2.45, 2.75) is 50.6 Å². The van der Waals surface area contributed by atoms with Gasteiger partial charge in [0.2, 0.25) is 5.95 Å². The number of benzene rings is 1. The first-order valence-corrected chi connectivity index (χ1v) is 10.2. The van der Waals surface area contributed by atoms with Crippen molar-refractivity contribution < 1.29 is 13.2 Å². The van der Waals surface area contributed by atoms with Crippen LogP contribution in [0.4, 0.5) is 19.1 Å². The van der Waals surface area contributed by atoms with Gasteiger partial charge in [0.05, 0.1) is 0 Å². The maximum Gasteiger partial charge on any atom is 0.242 e.